The van der Waals surface area contributed by atoms with Crippen LogP contribution in [-0.2, 0) is 6.54 Å². The first-order valence-electron chi connectivity index (χ1n) is 7.24. The number of rotatable bonds is 5. The molecule has 2 atom stereocenters. The van der Waals surface area contributed by atoms with Gasteiger partial charge >= 0.3 is 0 Å². The number of ether oxygens (including phenoxy) is 2. The van der Waals surface area contributed by atoms with E-state index in [1.807, 2.05) is 32.3 Å². The molecule has 1 aromatic carbocycles. The maximum Gasteiger partial charge on any atom is 0.193 e. The van der Waals surface area contributed by atoms with E-state index in [0.717, 1.165) is 35.5 Å². The number of guanidine groups is 1. The molecule has 0 aromatic heterocycles. The van der Waals surface area contributed by atoms with Crippen molar-refractivity contribution in [1.29, 1.82) is 0 Å². The summed E-state index contributed by atoms with van der Waals surface area (Å²) >= 11 is 0. The lowest BCUT2D eigenvalue weighted by Gasteiger charge is -2.23. The summed E-state index contributed by atoms with van der Waals surface area (Å²) in [5.41, 5.74) is 1.10. The van der Waals surface area contributed by atoms with Crippen molar-refractivity contribution in [2.24, 2.45) is 10.9 Å². The van der Waals surface area contributed by atoms with Crippen LogP contribution in [0.3, 0.4) is 0 Å². The zero-order valence-corrected chi connectivity index (χ0v) is 13.5. The number of hydrogen-bond donors (Lipinski definition) is 1. The van der Waals surface area contributed by atoms with Crippen molar-refractivity contribution in [1.82, 2.24) is 10.2 Å². The normalized spacial score (nSPS) is 20.9. The monoisotopic (exact) mass is 291 g/mol. The third-order valence-corrected chi connectivity index (χ3v) is 3.90. The van der Waals surface area contributed by atoms with Crippen LogP contribution in [0.4, 0.5) is 0 Å². The van der Waals surface area contributed by atoms with Crippen molar-refractivity contribution in [3.8, 4) is 11.5 Å². The molecule has 0 radical (unpaired) electrons. The Morgan fingerprint density at radius 2 is 2.10 bits per heavy atom. The fraction of sp³-hybridized carbons (Fsp3) is 0.562. The summed E-state index contributed by atoms with van der Waals surface area (Å²) in [6, 6.07) is 6.44. The van der Waals surface area contributed by atoms with Crippen LogP contribution in [0.1, 0.15) is 18.9 Å². The van der Waals surface area contributed by atoms with Gasteiger partial charge in [-0.2, -0.15) is 0 Å². The van der Waals surface area contributed by atoms with E-state index < -0.39 is 0 Å². The molecular weight excluding hydrogens is 266 g/mol. The van der Waals surface area contributed by atoms with Crippen molar-refractivity contribution < 1.29 is 9.47 Å². The van der Waals surface area contributed by atoms with Crippen LogP contribution in [-0.4, -0.2) is 45.2 Å². The summed E-state index contributed by atoms with van der Waals surface area (Å²) in [6.45, 7) is 2.98. The minimum atomic E-state index is 0.559. The lowest BCUT2D eigenvalue weighted by molar-refractivity contribution is 0.382. The molecule has 5 heteroatoms. The Hall–Kier alpha value is -1.91. The van der Waals surface area contributed by atoms with Crippen molar-refractivity contribution >= 4 is 5.96 Å². The lowest BCUT2D eigenvalue weighted by Crippen LogP contribution is -2.40. The van der Waals surface area contributed by atoms with Crippen LogP contribution >= 0.6 is 0 Å². The maximum atomic E-state index is 5.45. The molecule has 1 aromatic rings. The van der Waals surface area contributed by atoms with E-state index >= 15 is 0 Å². The lowest BCUT2D eigenvalue weighted by atomic mass is 10.2. The van der Waals surface area contributed by atoms with Gasteiger partial charge < -0.3 is 19.7 Å². The highest BCUT2D eigenvalue weighted by atomic mass is 16.5. The van der Waals surface area contributed by atoms with E-state index in [-0.39, 0.29) is 0 Å². The highest BCUT2D eigenvalue weighted by Crippen LogP contribution is 2.29. The van der Waals surface area contributed by atoms with Crippen LogP contribution in [0, 0.1) is 5.92 Å². The molecule has 2 unspecified atom stereocenters. The molecular formula is C16H25N3O2. The van der Waals surface area contributed by atoms with Gasteiger partial charge in [0, 0.05) is 38.3 Å². The average Bonchev–Trinajstić information content (AvgIpc) is 3.20. The highest BCUT2D eigenvalue weighted by molar-refractivity contribution is 5.80. The third-order valence-electron chi connectivity index (χ3n) is 3.90. The van der Waals surface area contributed by atoms with E-state index in [9.17, 15) is 0 Å². The van der Waals surface area contributed by atoms with Gasteiger partial charge in [0.25, 0.3) is 0 Å². The van der Waals surface area contributed by atoms with Gasteiger partial charge in [-0.15, -0.1) is 0 Å². The van der Waals surface area contributed by atoms with Gasteiger partial charge in [0.2, 0.25) is 0 Å². The van der Waals surface area contributed by atoms with Gasteiger partial charge in [-0.05, 0) is 24.5 Å². The largest absolute Gasteiger partial charge is 0.497 e. The SMILES string of the molecule is CN=C(NC1CC1C)N(C)Cc1ccc(OC)cc1OC. The molecule has 21 heavy (non-hydrogen) atoms. The molecule has 1 fully saturated rings. The zero-order valence-electron chi connectivity index (χ0n) is 13.5. The second-order valence-corrected chi connectivity index (χ2v) is 5.54. The van der Waals surface area contributed by atoms with Gasteiger partial charge in [-0.1, -0.05) is 6.92 Å². The number of nitrogens with zero attached hydrogens (tertiary/aromatic N) is 2. The molecule has 0 amide bonds. The van der Waals surface area contributed by atoms with Crippen molar-refractivity contribution in [2.75, 3.05) is 28.3 Å². The Balaban J connectivity index is 2.05. The smallest absolute Gasteiger partial charge is 0.193 e. The molecule has 0 bridgehead atoms. The van der Waals surface area contributed by atoms with E-state index in [1.54, 1.807) is 14.2 Å². The topological polar surface area (TPSA) is 46.1 Å². The van der Waals surface area contributed by atoms with E-state index in [2.05, 4.69) is 22.1 Å². The standard InChI is InChI=1S/C16H25N3O2/c1-11-8-14(11)18-16(17-2)19(3)10-12-6-7-13(20-4)9-15(12)21-5/h6-7,9,11,14H,8,10H2,1-5H3,(H,17,18). The minimum Gasteiger partial charge on any atom is -0.497 e. The zero-order chi connectivity index (χ0) is 15.4. The number of nitrogens with one attached hydrogen (secondary N) is 1. The first-order chi connectivity index (χ1) is 10.1. The number of aliphatic imine (C=N–C) groups is 1. The first-order valence-corrected chi connectivity index (χ1v) is 7.24. The van der Waals surface area contributed by atoms with Crippen LogP contribution in [0.25, 0.3) is 0 Å². The molecule has 2 rings (SSSR count). The first kappa shape index (κ1) is 15.5. The average molecular weight is 291 g/mol. The third kappa shape index (κ3) is 3.80. The Morgan fingerprint density at radius 3 is 2.62 bits per heavy atom. The van der Waals surface area contributed by atoms with Crippen molar-refractivity contribution in [2.45, 2.75) is 25.9 Å². The molecule has 116 valence electrons. The summed E-state index contributed by atoms with van der Waals surface area (Å²) in [7, 11) is 7.18. The molecule has 1 N–H and O–H groups in total. The Bertz CT molecular complexity index is 516. The Kier molecular flexibility index (Phi) is 4.94. The molecule has 1 aliphatic rings. The predicted octanol–water partition coefficient (Wildman–Crippen LogP) is 2.12. The van der Waals surface area contributed by atoms with Gasteiger partial charge in [-0.25, -0.2) is 0 Å². The molecule has 1 saturated carbocycles. The van der Waals surface area contributed by atoms with Gasteiger partial charge in [0.15, 0.2) is 5.96 Å². The molecule has 0 aliphatic heterocycles. The molecule has 0 spiro atoms. The second kappa shape index (κ2) is 6.70. The van der Waals surface area contributed by atoms with E-state index in [4.69, 9.17) is 9.47 Å². The molecule has 0 saturated heterocycles. The van der Waals surface area contributed by atoms with Gasteiger partial charge in [0.1, 0.15) is 11.5 Å². The Labute approximate surface area is 127 Å². The van der Waals surface area contributed by atoms with E-state index in [0.29, 0.717) is 6.04 Å². The van der Waals surface area contributed by atoms with Crippen LogP contribution in [0.5, 0.6) is 11.5 Å². The van der Waals surface area contributed by atoms with Crippen molar-refractivity contribution in [3.05, 3.63) is 23.8 Å². The summed E-state index contributed by atoms with van der Waals surface area (Å²) < 4.78 is 10.7. The van der Waals surface area contributed by atoms with Crippen LogP contribution in [0.15, 0.2) is 23.2 Å². The summed E-state index contributed by atoms with van der Waals surface area (Å²) in [5, 5.41) is 3.48. The quantitative estimate of drug-likeness (QED) is 0.667. The number of hydrogen-bond acceptors (Lipinski definition) is 3. The van der Waals surface area contributed by atoms with Crippen LogP contribution in [0.2, 0.25) is 0 Å². The molecule has 0 heterocycles. The summed E-state index contributed by atoms with van der Waals surface area (Å²) in [4.78, 5) is 6.46. The summed E-state index contributed by atoms with van der Waals surface area (Å²) in [6.07, 6.45) is 1.22. The fourth-order valence-corrected chi connectivity index (χ4v) is 2.35. The molecule has 5 nitrogen and oxygen atoms in total. The maximum absolute atomic E-state index is 5.45. The van der Waals surface area contributed by atoms with E-state index in [1.165, 1.54) is 6.42 Å². The number of methoxy groups -OCH3 is 2. The van der Waals surface area contributed by atoms with Crippen LogP contribution < -0.4 is 14.8 Å². The van der Waals surface area contributed by atoms with Crippen molar-refractivity contribution in [3.63, 3.8) is 0 Å². The summed E-state index contributed by atoms with van der Waals surface area (Å²) in [5.74, 6) is 3.29. The second-order valence-electron chi connectivity index (χ2n) is 5.54. The Morgan fingerprint density at radius 1 is 1.38 bits per heavy atom. The van der Waals surface area contributed by atoms with Gasteiger partial charge in [-0.3, -0.25) is 4.99 Å². The fourth-order valence-electron chi connectivity index (χ4n) is 2.35. The minimum absolute atomic E-state index is 0.559. The number of benzene rings is 1. The highest BCUT2D eigenvalue weighted by Gasteiger charge is 2.33. The predicted molar refractivity (Wildman–Crippen MR) is 85.1 cm³/mol. The molecule has 1 aliphatic carbocycles. The van der Waals surface area contributed by atoms with Gasteiger partial charge in [0.05, 0.1) is 14.2 Å².